The summed E-state index contributed by atoms with van der Waals surface area (Å²) in [6.07, 6.45) is 1.76. The Balaban J connectivity index is 1.26. The summed E-state index contributed by atoms with van der Waals surface area (Å²) in [7, 11) is -1.26. The van der Waals surface area contributed by atoms with Crippen molar-refractivity contribution < 1.29 is 28.5 Å². The number of fused-ring (bicyclic) bond motifs is 1. The molecule has 0 bridgehead atoms. The summed E-state index contributed by atoms with van der Waals surface area (Å²) < 4.78 is 34.9. The summed E-state index contributed by atoms with van der Waals surface area (Å²) in [5, 5.41) is 10.2. The van der Waals surface area contributed by atoms with Gasteiger partial charge in [-0.25, -0.2) is 14.2 Å². The average Bonchev–Trinajstić information content (AvgIpc) is 3.42. The zero-order valence-electron chi connectivity index (χ0n) is 24.9. The highest BCUT2D eigenvalue weighted by molar-refractivity contribution is 6.76. The Labute approximate surface area is 252 Å². The summed E-state index contributed by atoms with van der Waals surface area (Å²) in [4.78, 5) is 19.0. The first-order chi connectivity index (χ1) is 19.8. The lowest BCUT2D eigenvalue weighted by atomic mass is 9.88. The van der Waals surface area contributed by atoms with Crippen LogP contribution in [0.15, 0.2) is 36.4 Å². The fraction of sp³-hybridized carbons (Fsp3) is 0.484. The van der Waals surface area contributed by atoms with E-state index in [0.29, 0.717) is 46.8 Å². The molecular formula is C31H39ClFN3O5Si. The van der Waals surface area contributed by atoms with Crippen LogP contribution in [0.5, 0.6) is 11.5 Å². The number of hydrogen-bond donors (Lipinski definition) is 1. The number of nitrogens with zero attached hydrogens (tertiary/aromatic N) is 3. The highest BCUT2D eigenvalue weighted by Crippen LogP contribution is 2.49. The standard InChI is InChI=1S/C31H39ClFN3O5Si/c1-20-28(30(37)38)36(19-39-15-16-42(3,4)5)27(34-20)18-35-13-11-21(12-14-35)23-7-6-8-26-29(23)41-31(2,40-26)24-10-9-22(32)17-25(24)33/h6-10,17,21H,11-16,18-19H2,1-5H3,(H,37,38). The minimum absolute atomic E-state index is 0.180. The van der Waals surface area contributed by atoms with Crippen LogP contribution in [0.1, 0.15) is 58.8 Å². The molecule has 0 saturated carbocycles. The molecule has 1 N–H and O–H groups in total. The van der Waals surface area contributed by atoms with Crippen LogP contribution >= 0.6 is 11.6 Å². The Morgan fingerprint density at radius 2 is 1.95 bits per heavy atom. The number of likely N-dealkylation sites (tertiary alicyclic amines) is 1. The lowest BCUT2D eigenvalue weighted by molar-refractivity contribution is -0.0712. The highest BCUT2D eigenvalue weighted by Gasteiger charge is 2.43. The molecule has 0 amide bonds. The van der Waals surface area contributed by atoms with Crippen LogP contribution in [-0.4, -0.2) is 53.3 Å². The van der Waals surface area contributed by atoms with Gasteiger partial charge in [0.05, 0.1) is 17.8 Å². The van der Waals surface area contributed by atoms with Crippen molar-refractivity contribution in [1.29, 1.82) is 0 Å². The van der Waals surface area contributed by atoms with Gasteiger partial charge in [0.2, 0.25) is 0 Å². The first kappa shape index (κ1) is 30.5. The Morgan fingerprint density at radius 3 is 2.62 bits per heavy atom. The number of hydrogen-bond acceptors (Lipinski definition) is 6. The van der Waals surface area contributed by atoms with Crippen LogP contribution in [0.2, 0.25) is 30.7 Å². The van der Waals surface area contributed by atoms with Gasteiger partial charge in [-0.3, -0.25) is 9.47 Å². The molecule has 226 valence electrons. The number of para-hydroxylation sites is 1. The quantitative estimate of drug-likeness (QED) is 0.194. The number of ether oxygens (including phenoxy) is 3. The Morgan fingerprint density at radius 1 is 1.21 bits per heavy atom. The van der Waals surface area contributed by atoms with E-state index in [4.69, 9.17) is 25.8 Å². The molecule has 1 aromatic heterocycles. The smallest absolute Gasteiger partial charge is 0.354 e. The van der Waals surface area contributed by atoms with Crippen molar-refractivity contribution >= 4 is 25.6 Å². The maximum atomic E-state index is 14.8. The van der Waals surface area contributed by atoms with Gasteiger partial charge in [0.25, 0.3) is 5.79 Å². The number of aryl methyl sites for hydroxylation is 1. The van der Waals surface area contributed by atoms with Crippen LogP contribution in [0.4, 0.5) is 4.39 Å². The Hall–Kier alpha value is -2.92. The van der Waals surface area contributed by atoms with Crippen molar-refractivity contribution in [3.63, 3.8) is 0 Å². The second kappa shape index (κ2) is 12.0. The monoisotopic (exact) mass is 615 g/mol. The number of carbonyl (C=O) groups is 1. The first-order valence-electron chi connectivity index (χ1n) is 14.4. The molecule has 8 nitrogen and oxygen atoms in total. The van der Waals surface area contributed by atoms with E-state index >= 15 is 0 Å². The molecule has 0 aliphatic carbocycles. The summed E-state index contributed by atoms with van der Waals surface area (Å²) in [5.74, 6) is -0.576. The van der Waals surface area contributed by atoms with E-state index < -0.39 is 25.6 Å². The van der Waals surface area contributed by atoms with E-state index in [1.807, 2.05) is 12.1 Å². The van der Waals surface area contributed by atoms with Crippen LogP contribution in [0, 0.1) is 12.7 Å². The van der Waals surface area contributed by atoms with Gasteiger partial charge < -0.3 is 19.3 Å². The largest absolute Gasteiger partial charge is 0.477 e. The number of piperidine rings is 1. The third kappa shape index (κ3) is 6.51. The minimum atomic E-state index is -1.29. The van der Waals surface area contributed by atoms with Crippen molar-refractivity contribution in [2.45, 2.75) is 77.4 Å². The lowest BCUT2D eigenvalue weighted by Gasteiger charge is -2.32. The maximum Gasteiger partial charge on any atom is 0.354 e. The fourth-order valence-corrected chi connectivity index (χ4v) is 6.65. The second-order valence-corrected chi connectivity index (χ2v) is 18.6. The van der Waals surface area contributed by atoms with E-state index in [-0.39, 0.29) is 18.3 Å². The minimum Gasteiger partial charge on any atom is -0.477 e. The number of carboxylic acids is 1. The molecule has 1 unspecified atom stereocenters. The molecule has 0 radical (unpaired) electrons. The third-order valence-corrected chi connectivity index (χ3v) is 10.0. The van der Waals surface area contributed by atoms with Gasteiger partial charge in [-0.2, -0.15) is 0 Å². The van der Waals surface area contributed by atoms with E-state index in [0.717, 1.165) is 37.5 Å². The molecule has 3 heterocycles. The second-order valence-electron chi connectivity index (χ2n) is 12.5. The maximum absolute atomic E-state index is 14.8. The number of rotatable bonds is 10. The van der Waals surface area contributed by atoms with Crippen molar-refractivity contribution in [3.05, 3.63) is 75.6 Å². The summed E-state index contributed by atoms with van der Waals surface area (Å²) in [5.41, 5.74) is 2.02. The number of aromatic nitrogens is 2. The van der Waals surface area contributed by atoms with Gasteiger partial charge in [0.1, 0.15) is 18.4 Å². The zero-order chi connectivity index (χ0) is 30.2. The number of imidazole rings is 1. The Kier molecular flexibility index (Phi) is 8.72. The third-order valence-electron chi connectivity index (χ3n) is 8.06. The van der Waals surface area contributed by atoms with Gasteiger partial charge in [0.15, 0.2) is 17.2 Å². The normalized spacial score (nSPS) is 19.4. The molecule has 1 fully saturated rings. The molecule has 5 rings (SSSR count). The SMILES string of the molecule is Cc1nc(CN2CCC(c3cccc4c3OC(C)(c3ccc(Cl)cc3F)O4)CC2)n(COCC[Si](C)(C)C)c1C(=O)O. The lowest BCUT2D eigenvalue weighted by Crippen LogP contribution is -2.34. The molecule has 2 aromatic carbocycles. The topological polar surface area (TPSA) is 86.0 Å². The van der Waals surface area contributed by atoms with E-state index in [1.54, 1.807) is 30.5 Å². The van der Waals surface area contributed by atoms with Crippen molar-refractivity contribution in [3.8, 4) is 11.5 Å². The summed E-state index contributed by atoms with van der Waals surface area (Å²) in [6, 6.07) is 11.4. The number of aromatic carboxylic acids is 1. The van der Waals surface area contributed by atoms with E-state index in [1.165, 1.54) is 6.07 Å². The van der Waals surface area contributed by atoms with Gasteiger partial charge in [0, 0.05) is 32.2 Å². The molecule has 0 spiro atoms. The van der Waals surface area contributed by atoms with Crippen LogP contribution < -0.4 is 9.47 Å². The van der Waals surface area contributed by atoms with Crippen LogP contribution in [-0.2, 0) is 23.8 Å². The predicted octanol–water partition coefficient (Wildman–Crippen LogP) is 7.02. The molecule has 1 atom stereocenters. The van der Waals surface area contributed by atoms with Crippen molar-refractivity contribution in [1.82, 2.24) is 14.5 Å². The van der Waals surface area contributed by atoms with Gasteiger partial charge >= 0.3 is 5.97 Å². The van der Waals surface area contributed by atoms with Crippen molar-refractivity contribution in [2.75, 3.05) is 19.7 Å². The first-order valence-corrected chi connectivity index (χ1v) is 18.5. The molecule has 1 saturated heterocycles. The van der Waals surface area contributed by atoms with Gasteiger partial charge in [-0.1, -0.05) is 43.4 Å². The zero-order valence-corrected chi connectivity index (χ0v) is 26.6. The molecular weight excluding hydrogens is 577 g/mol. The van der Waals surface area contributed by atoms with Gasteiger partial charge in [-0.05, 0) is 69.1 Å². The molecule has 2 aliphatic rings. The summed E-state index contributed by atoms with van der Waals surface area (Å²) >= 11 is 5.96. The highest BCUT2D eigenvalue weighted by atomic mass is 35.5. The van der Waals surface area contributed by atoms with Crippen molar-refractivity contribution in [2.24, 2.45) is 0 Å². The van der Waals surface area contributed by atoms with Crippen LogP contribution in [0.25, 0.3) is 0 Å². The average molecular weight is 616 g/mol. The molecule has 11 heteroatoms. The number of benzene rings is 2. The number of carboxylic acid groups (broad SMARTS) is 1. The summed E-state index contributed by atoms with van der Waals surface area (Å²) in [6.45, 7) is 13.3. The molecule has 2 aliphatic heterocycles. The predicted molar refractivity (Wildman–Crippen MR) is 162 cm³/mol. The number of halogens is 2. The molecule has 3 aromatic rings. The van der Waals surface area contributed by atoms with Crippen LogP contribution in [0.3, 0.4) is 0 Å². The Bertz CT molecular complexity index is 1470. The van der Waals surface area contributed by atoms with E-state index in [9.17, 15) is 14.3 Å². The van der Waals surface area contributed by atoms with Gasteiger partial charge in [-0.15, -0.1) is 0 Å². The van der Waals surface area contributed by atoms with E-state index in [2.05, 4.69) is 35.6 Å². The fourth-order valence-electron chi connectivity index (χ4n) is 5.73. The molecule has 42 heavy (non-hydrogen) atoms.